The molecule has 0 atom stereocenters. The highest BCUT2D eigenvalue weighted by Crippen LogP contribution is 2.02. The van der Waals surface area contributed by atoms with Crippen LogP contribution in [0.1, 0.15) is 56.9 Å². The summed E-state index contributed by atoms with van der Waals surface area (Å²) in [6, 6.07) is 9.51. The second kappa shape index (κ2) is 15.4. The van der Waals surface area contributed by atoms with Crippen molar-refractivity contribution in [3.05, 3.63) is 35.9 Å². The lowest BCUT2D eigenvalue weighted by molar-refractivity contribution is -0.122. The van der Waals surface area contributed by atoms with Gasteiger partial charge >= 0.3 is 6.09 Å². The maximum atomic E-state index is 11.7. The Hall–Kier alpha value is -2.61. The number of alkyl carbamates (subject to hydrolysis) is 1. The van der Waals surface area contributed by atoms with E-state index in [0.717, 1.165) is 44.1 Å². The molecule has 1 rings (SSSR count). The Morgan fingerprint density at radius 2 is 1.39 bits per heavy atom. The van der Waals surface area contributed by atoms with Gasteiger partial charge in [0.2, 0.25) is 11.8 Å². The number of benzene rings is 1. The molecule has 3 amide bonds. The van der Waals surface area contributed by atoms with Gasteiger partial charge in [-0.05, 0) is 31.2 Å². The fourth-order valence-electron chi connectivity index (χ4n) is 2.53. The van der Waals surface area contributed by atoms with Gasteiger partial charge in [-0.2, -0.15) is 0 Å². The summed E-state index contributed by atoms with van der Waals surface area (Å²) < 4.78 is 5.12. The molecule has 0 saturated heterocycles. The van der Waals surface area contributed by atoms with E-state index in [-0.39, 0.29) is 18.4 Å². The number of hydrazine groups is 1. The molecular weight excluding hydrogens is 360 g/mol. The SMILES string of the molecule is NNC(=O)CCCCCNC(=O)CCCCCNC(=O)OCc1ccccc1. The Kier molecular flexibility index (Phi) is 12.9. The third-order valence-corrected chi connectivity index (χ3v) is 4.13. The van der Waals surface area contributed by atoms with Gasteiger partial charge in [-0.3, -0.25) is 15.0 Å². The highest BCUT2D eigenvalue weighted by molar-refractivity contribution is 5.75. The molecule has 8 nitrogen and oxygen atoms in total. The van der Waals surface area contributed by atoms with Crippen molar-refractivity contribution in [2.45, 2.75) is 58.0 Å². The van der Waals surface area contributed by atoms with Crippen molar-refractivity contribution in [2.24, 2.45) is 5.84 Å². The second-order valence-corrected chi connectivity index (χ2v) is 6.53. The summed E-state index contributed by atoms with van der Waals surface area (Å²) in [5.74, 6) is 4.87. The Balaban J connectivity index is 1.89. The van der Waals surface area contributed by atoms with Crippen molar-refractivity contribution in [1.82, 2.24) is 16.1 Å². The van der Waals surface area contributed by atoms with Gasteiger partial charge in [0.1, 0.15) is 6.61 Å². The Morgan fingerprint density at radius 1 is 0.786 bits per heavy atom. The van der Waals surface area contributed by atoms with Crippen molar-refractivity contribution in [3.63, 3.8) is 0 Å². The summed E-state index contributed by atoms with van der Waals surface area (Å²) in [5, 5.41) is 5.58. The van der Waals surface area contributed by atoms with E-state index in [1.54, 1.807) is 0 Å². The van der Waals surface area contributed by atoms with Crippen molar-refractivity contribution in [2.75, 3.05) is 13.1 Å². The molecule has 0 bridgehead atoms. The summed E-state index contributed by atoms with van der Waals surface area (Å²) in [6.45, 7) is 1.41. The van der Waals surface area contributed by atoms with Crippen LogP contribution in [0, 0.1) is 0 Å². The van der Waals surface area contributed by atoms with E-state index in [9.17, 15) is 14.4 Å². The average Bonchev–Trinajstić information content (AvgIpc) is 2.72. The monoisotopic (exact) mass is 392 g/mol. The maximum absolute atomic E-state index is 11.7. The van der Waals surface area contributed by atoms with E-state index < -0.39 is 6.09 Å². The number of nitrogens with two attached hydrogens (primary N) is 1. The predicted octanol–water partition coefficient (Wildman–Crippen LogP) is 2.14. The Labute approximate surface area is 166 Å². The second-order valence-electron chi connectivity index (χ2n) is 6.53. The molecule has 0 aliphatic rings. The molecule has 0 spiro atoms. The molecule has 28 heavy (non-hydrogen) atoms. The van der Waals surface area contributed by atoms with Crippen LogP contribution in [0.3, 0.4) is 0 Å². The maximum Gasteiger partial charge on any atom is 0.407 e. The van der Waals surface area contributed by atoms with Crippen LogP contribution in [0.25, 0.3) is 0 Å². The van der Waals surface area contributed by atoms with Gasteiger partial charge in [0.05, 0.1) is 0 Å². The zero-order valence-corrected chi connectivity index (χ0v) is 16.4. The lowest BCUT2D eigenvalue weighted by Crippen LogP contribution is -2.29. The van der Waals surface area contributed by atoms with Crippen molar-refractivity contribution >= 4 is 17.9 Å². The molecule has 0 saturated carbocycles. The normalized spacial score (nSPS) is 10.2. The van der Waals surface area contributed by atoms with Crippen LogP contribution in [0.4, 0.5) is 4.79 Å². The van der Waals surface area contributed by atoms with E-state index in [2.05, 4.69) is 16.1 Å². The van der Waals surface area contributed by atoms with Crippen LogP contribution in [0.5, 0.6) is 0 Å². The molecule has 0 aliphatic carbocycles. The minimum absolute atomic E-state index is 0.0370. The topological polar surface area (TPSA) is 123 Å². The first-order valence-corrected chi connectivity index (χ1v) is 9.82. The van der Waals surface area contributed by atoms with Crippen LogP contribution in [0.15, 0.2) is 30.3 Å². The summed E-state index contributed by atoms with van der Waals surface area (Å²) in [5.41, 5.74) is 3.04. The molecule has 0 heterocycles. The molecule has 0 radical (unpaired) electrons. The molecule has 0 aliphatic heterocycles. The van der Waals surface area contributed by atoms with Gasteiger partial charge in [0, 0.05) is 25.9 Å². The third-order valence-electron chi connectivity index (χ3n) is 4.13. The lowest BCUT2D eigenvalue weighted by atomic mass is 10.1. The van der Waals surface area contributed by atoms with Gasteiger partial charge < -0.3 is 15.4 Å². The quantitative estimate of drug-likeness (QED) is 0.167. The smallest absolute Gasteiger partial charge is 0.407 e. The average molecular weight is 393 g/mol. The molecule has 1 aromatic carbocycles. The van der Waals surface area contributed by atoms with Crippen molar-refractivity contribution in [3.8, 4) is 0 Å². The van der Waals surface area contributed by atoms with E-state index in [1.807, 2.05) is 30.3 Å². The molecule has 0 aromatic heterocycles. The van der Waals surface area contributed by atoms with E-state index >= 15 is 0 Å². The Bertz CT molecular complexity index is 581. The molecule has 0 unspecified atom stereocenters. The number of carbonyl (C=O) groups excluding carboxylic acids is 3. The molecular formula is C20H32N4O4. The first-order valence-electron chi connectivity index (χ1n) is 9.82. The summed E-state index contributed by atoms with van der Waals surface area (Å²) in [7, 11) is 0. The number of ether oxygens (including phenoxy) is 1. The molecule has 8 heteroatoms. The summed E-state index contributed by atoms with van der Waals surface area (Å²) >= 11 is 0. The molecule has 156 valence electrons. The highest BCUT2D eigenvalue weighted by atomic mass is 16.5. The van der Waals surface area contributed by atoms with Gasteiger partial charge in [-0.15, -0.1) is 0 Å². The van der Waals surface area contributed by atoms with Gasteiger partial charge in [-0.1, -0.05) is 43.2 Å². The van der Waals surface area contributed by atoms with E-state index in [4.69, 9.17) is 10.6 Å². The van der Waals surface area contributed by atoms with Gasteiger partial charge in [0.25, 0.3) is 0 Å². The first-order chi connectivity index (χ1) is 13.6. The minimum Gasteiger partial charge on any atom is -0.445 e. The molecule has 5 N–H and O–H groups in total. The molecule has 1 aromatic rings. The number of amides is 3. The van der Waals surface area contributed by atoms with Crippen LogP contribution < -0.4 is 21.9 Å². The summed E-state index contributed by atoms with van der Waals surface area (Å²) in [6.07, 6.45) is 5.40. The third kappa shape index (κ3) is 12.7. The van der Waals surface area contributed by atoms with E-state index in [0.29, 0.717) is 25.9 Å². The number of rotatable bonds is 14. The van der Waals surface area contributed by atoms with Crippen LogP contribution in [-0.2, 0) is 20.9 Å². The minimum atomic E-state index is -0.425. The van der Waals surface area contributed by atoms with Gasteiger partial charge in [0.15, 0.2) is 0 Å². The lowest BCUT2D eigenvalue weighted by Gasteiger charge is -2.07. The number of nitrogens with one attached hydrogen (secondary N) is 3. The van der Waals surface area contributed by atoms with Gasteiger partial charge in [-0.25, -0.2) is 10.6 Å². The van der Waals surface area contributed by atoms with Crippen LogP contribution in [-0.4, -0.2) is 31.0 Å². The number of hydrogen-bond acceptors (Lipinski definition) is 5. The number of hydrogen-bond donors (Lipinski definition) is 4. The van der Waals surface area contributed by atoms with E-state index in [1.165, 1.54) is 0 Å². The zero-order chi connectivity index (χ0) is 20.5. The van der Waals surface area contributed by atoms with Crippen LogP contribution >= 0.6 is 0 Å². The van der Waals surface area contributed by atoms with Crippen LogP contribution in [0.2, 0.25) is 0 Å². The molecule has 0 fully saturated rings. The van der Waals surface area contributed by atoms with Crippen molar-refractivity contribution < 1.29 is 19.1 Å². The first kappa shape index (κ1) is 23.4. The fraction of sp³-hybridized carbons (Fsp3) is 0.550. The predicted molar refractivity (Wildman–Crippen MR) is 107 cm³/mol. The standard InChI is InChI=1S/C20H32N4O4/c21-24-19(26)13-7-3-8-14-22-18(25)12-6-2-9-15-23-20(27)28-16-17-10-4-1-5-11-17/h1,4-5,10-11H,2-3,6-9,12-16,21H2,(H,22,25)(H,23,27)(H,24,26). The number of carbonyl (C=O) groups is 3. The Morgan fingerprint density at radius 3 is 2.04 bits per heavy atom. The fourth-order valence-corrected chi connectivity index (χ4v) is 2.53. The largest absolute Gasteiger partial charge is 0.445 e. The summed E-state index contributed by atoms with van der Waals surface area (Å²) in [4.78, 5) is 34.2. The highest BCUT2D eigenvalue weighted by Gasteiger charge is 2.03. The van der Waals surface area contributed by atoms with Crippen molar-refractivity contribution in [1.29, 1.82) is 0 Å². The zero-order valence-electron chi connectivity index (χ0n) is 16.4. The number of unbranched alkanes of at least 4 members (excludes halogenated alkanes) is 4.